The van der Waals surface area contributed by atoms with Gasteiger partial charge in [0.15, 0.2) is 0 Å². The molecule has 3 nitrogen and oxygen atoms in total. The fraction of sp³-hybridized carbons (Fsp3) is 0.125. The van der Waals surface area contributed by atoms with E-state index >= 15 is 0 Å². The number of fused-ring (bicyclic) bond motifs is 1. The lowest BCUT2D eigenvalue weighted by Gasteiger charge is -2.17. The average Bonchev–Trinajstić information content (AvgIpc) is 2.50. The minimum absolute atomic E-state index is 0.0294. The first-order chi connectivity index (χ1) is 9.79. The molecule has 0 saturated carbocycles. The van der Waals surface area contributed by atoms with Crippen LogP contribution in [0.15, 0.2) is 59.3 Å². The van der Waals surface area contributed by atoms with Crippen LogP contribution in [-0.2, 0) is 0 Å². The molecule has 1 N–H and O–H groups in total. The molecule has 1 atom stereocenters. The number of halogens is 1. The Hall–Kier alpha value is -1.78. The molecule has 0 bridgehead atoms. The van der Waals surface area contributed by atoms with E-state index in [2.05, 4.69) is 55.5 Å². The fourth-order valence-electron chi connectivity index (χ4n) is 2.38. The molecule has 0 fully saturated rings. The van der Waals surface area contributed by atoms with Crippen molar-refractivity contribution in [1.82, 2.24) is 15.3 Å². The van der Waals surface area contributed by atoms with E-state index < -0.39 is 0 Å². The van der Waals surface area contributed by atoms with E-state index in [0.29, 0.717) is 0 Å². The molecule has 0 aliphatic rings. The molecule has 100 valence electrons. The monoisotopic (exact) mass is 327 g/mol. The smallest absolute Gasteiger partial charge is 0.0770 e. The van der Waals surface area contributed by atoms with E-state index in [4.69, 9.17) is 0 Å². The Labute approximate surface area is 126 Å². The standard InChI is InChI=1S/C16H14BrN3/c1-18-16(14-8-7-12(17)10-20-14)13-6-2-4-11-5-3-9-19-15(11)13/h2-10,16,18H,1H3. The zero-order valence-corrected chi connectivity index (χ0v) is 12.6. The van der Waals surface area contributed by atoms with Crippen molar-refractivity contribution in [3.63, 3.8) is 0 Å². The minimum atomic E-state index is 0.0294. The summed E-state index contributed by atoms with van der Waals surface area (Å²) in [7, 11) is 1.94. The number of pyridine rings is 2. The van der Waals surface area contributed by atoms with Crippen molar-refractivity contribution in [3.05, 3.63) is 70.6 Å². The lowest BCUT2D eigenvalue weighted by molar-refractivity contribution is 0.674. The van der Waals surface area contributed by atoms with Gasteiger partial charge < -0.3 is 5.32 Å². The first-order valence-corrected chi connectivity index (χ1v) is 7.21. The zero-order valence-electron chi connectivity index (χ0n) is 11.0. The second-order valence-electron chi connectivity index (χ2n) is 4.55. The predicted molar refractivity (Wildman–Crippen MR) is 84.6 cm³/mol. The van der Waals surface area contributed by atoms with Gasteiger partial charge in [0.1, 0.15) is 0 Å². The van der Waals surface area contributed by atoms with Crippen molar-refractivity contribution in [1.29, 1.82) is 0 Å². The molecule has 0 aliphatic heterocycles. The van der Waals surface area contributed by atoms with Crippen LogP contribution in [0.4, 0.5) is 0 Å². The van der Waals surface area contributed by atoms with Crippen molar-refractivity contribution in [2.75, 3.05) is 7.05 Å². The third-order valence-corrected chi connectivity index (χ3v) is 3.78. The highest BCUT2D eigenvalue weighted by atomic mass is 79.9. The summed E-state index contributed by atoms with van der Waals surface area (Å²) in [5, 5.41) is 4.47. The molecule has 3 aromatic rings. The summed E-state index contributed by atoms with van der Waals surface area (Å²) in [4.78, 5) is 9.01. The molecule has 2 heterocycles. The summed E-state index contributed by atoms with van der Waals surface area (Å²) in [6.07, 6.45) is 3.64. The Morgan fingerprint density at radius 1 is 1.05 bits per heavy atom. The van der Waals surface area contributed by atoms with E-state index in [1.165, 1.54) is 0 Å². The summed E-state index contributed by atoms with van der Waals surface area (Å²) in [5.41, 5.74) is 3.13. The van der Waals surface area contributed by atoms with Crippen molar-refractivity contribution < 1.29 is 0 Å². The van der Waals surface area contributed by atoms with E-state index in [9.17, 15) is 0 Å². The molecule has 1 unspecified atom stereocenters. The predicted octanol–water partition coefficient (Wildman–Crippen LogP) is 3.70. The molecular weight excluding hydrogens is 314 g/mol. The van der Waals surface area contributed by atoms with Crippen LogP contribution in [0.5, 0.6) is 0 Å². The molecular formula is C16H14BrN3. The molecule has 1 aromatic carbocycles. The Morgan fingerprint density at radius 3 is 2.65 bits per heavy atom. The van der Waals surface area contributed by atoms with Gasteiger partial charge in [0.05, 0.1) is 17.3 Å². The van der Waals surface area contributed by atoms with Gasteiger partial charge in [-0.2, -0.15) is 0 Å². The van der Waals surface area contributed by atoms with Crippen molar-refractivity contribution in [3.8, 4) is 0 Å². The maximum atomic E-state index is 4.52. The number of benzene rings is 1. The number of hydrogen-bond donors (Lipinski definition) is 1. The normalized spacial score (nSPS) is 12.5. The Balaban J connectivity index is 2.14. The number of para-hydroxylation sites is 1. The highest BCUT2D eigenvalue weighted by Crippen LogP contribution is 2.26. The van der Waals surface area contributed by atoms with Crippen LogP contribution in [-0.4, -0.2) is 17.0 Å². The second-order valence-corrected chi connectivity index (χ2v) is 5.46. The first-order valence-electron chi connectivity index (χ1n) is 6.42. The number of aromatic nitrogens is 2. The topological polar surface area (TPSA) is 37.8 Å². The van der Waals surface area contributed by atoms with Gasteiger partial charge in [-0.1, -0.05) is 24.3 Å². The first kappa shape index (κ1) is 13.2. The lowest BCUT2D eigenvalue weighted by Crippen LogP contribution is -2.19. The quantitative estimate of drug-likeness (QED) is 0.797. The average molecular weight is 328 g/mol. The van der Waals surface area contributed by atoms with Gasteiger partial charge in [0.25, 0.3) is 0 Å². The highest BCUT2D eigenvalue weighted by Gasteiger charge is 2.16. The van der Waals surface area contributed by atoms with Gasteiger partial charge in [-0.15, -0.1) is 0 Å². The maximum Gasteiger partial charge on any atom is 0.0770 e. The SMILES string of the molecule is CNC(c1ccc(Br)cn1)c1cccc2cccnc12. The zero-order chi connectivity index (χ0) is 13.9. The van der Waals surface area contributed by atoms with Gasteiger partial charge in [-0.3, -0.25) is 9.97 Å². The van der Waals surface area contributed by atoms with Gasteiger partial charge in [0.2, 0.25) is 0 Å². The Bertz CT molecular complexity index is 720. The molecule has 3 rings (SSSR count). The molecule has 4 heteroatoms. The van der Waals surface area contributed by atoms with Crippen LogP contribution < -0.4 is 5.32 Å². The van der Waals surface area contributed by atoms with Gasteiger partial charge >= 0.3 is 0 Å². The van der Waals surface area contributed by atoms with Crippen molar-refractivity contribution in [2.24, 2.45) is 0 Å². The molecule has 0 amide bonds. The van der Waals surface area contributed by atoms with Crippen LogP contribution in [0, 0.1) is 0 Å². The Morgan fingerprint density at radius 2 is 1.90 bits per heavy atom. The third kappa shape index (κ3) is 2.44. The number of nitrogens with one attached hydrogen (secondary N) is 1. The molecule has 0 radical (unpaired) electrons. The largest absolute Gasteiger partial charge is 0.308 e. The Kier molecular flexibility index (Phi) is 3.76. The van der Waals surface area contributed by atoms with Gasteiger partial charge in [-0.05, 0) is 41.2 Å². The van der Waals surface area contributed by atoms with Gasteiger partial charge in [-0.25, -0.2) is 0 Å². The maximum absolute atomic E-state index is 4.52. The van der Waals surface area contributed by atoms with Crippen molar-refractivity contribution in [2.45, 2.75) is 6.04 Å². The second kappa shape index (κ2) is 5.69. The van der Waals surface area contributed by atoms with Crippen LogP contribution in [0.3, 0.4) is 0 Å². The molecule has 0 saturated heterocycles. The molecule has 0 aliphatic carbocycles. The van der Waals surface area contributed by atoms with Crippen LogP contribution in [0.1, 0.15) is 17.3 Å². The van der Waals surface area contributed by atoms with E-state index in [1.54, 1.807) is 0 Å². The molecule has 0 spiro atoms. The fourth-order valence-corrected chi connectivity index (χ4v) is 2.62. The summed E-state index contributed by atoms with van der Waals surface area (Å²) in [6.45, 7) is 0. The number of nitrogens with zero attached hydrogens (tertiary/aromatic N) is 2. The molecule has 20 heavy (non-hydrogen) atoms. The van der Waals surface area contributed by atoms with Crippen LogP contribution >= 0.6 is 15.9 Å². The minimum Gasteiger partial charge on any atom is -0.308 e. The summed E-state index contributed by atoms with van der Waals surface area (Å²) in [6, 6.07) is 14.3. The third-order valence-electron chi connectivity index (χ3n) is 3.31. The highest BCUT2D eigenvalue weighted by molar-refractivity contribution is 9.10. The van der Waals surface area contributed by atoms with E-state index in [1.807, 2.05) is 37.6 Å². The number of hydrogen-bond acceptors (Lipinski definition) is 3. The van der Waals surface area contributed by atoms with Crippen LogP contribution in [0.25, 0.3) is 10.9 Å². The van der Waals surface area contributed by atoms with E-state index in [-0.39, 0.29) is 6.04 Å². The lowest BCUT2D eigenvalue weighted by atomic mass is 10.00. The number of rotatable bonds is 3. The summed E-state index contributed by atoms with van der Waals surface area (Å²) in [5.74, 6) is 0. The van der Waals surface area contributed by atoms with Crippen molar-refractivity contribution >= 4 is 26.8 Å². The summed E-state index contributed by atoms with van der Waals surface area (Å²) >= 11 is 3.42. The van der Waals surface area contributed by atoms with E-state index in [0.717, 1.165) is 26.6 Å². The molecule has 2 aromatic heterocycles. The van der Waals surface area contributed by atoms with Gasteiger partial charge in [0, 0.05) is 27.8 Å². The summed E-state index contributed by atoms with van der Waals surface area (Å²) < 4.78 is 0.979. The van der Waals surface area contributed by atoms with Crippen LogP contribution in [0.2, 0.25) is 0 Å².